The van der Waals surface area contributed by atoms with Crippen LogP contribution in [0.5, 0.6) is 5.75 Å². The molecular weight excluding hydrogens is 465 g/mol. The Morgan fingerprint density at radius 1 is 1.24 bits per heavy atom. The van der Waals surface area contributed by atoms with Gasteiger partial charge >= 0.3 is 6.18 Å². The maximum atomic E-state index is 14.4. The summed E-state index contributed by atoms with van der Waals surface area (Å²) in [6.07, 6.45) is -5.47. The van der Waals surface area contributed by atoms with Crippen molar-refractivity contribution < 1.29 is 41.0 Å². The van der Waals surface area contributed by atoms with Crippen molar-refractivity contribution >= 4 is 17.5 Å². The van der Waals surface area contributed by atoms with Crippen molar-refractivity contribution in [3.05, 3.63) is 52.9 Å². The zero-order valence-corrected chi connectivity index (χ0v) is 18.6. The van der Waals surface area contributed by atoms with Crippen molar-refractivity contribution in [3.8, 4) is 5.75 Å². The number of nitrogens with one attached hydrogen (secondary N) is 1. The van der Waals surface area contributed by atoms with Gasteiger partial charge in [-0.1, -0.05) is 13.0 Å². The number of carbonyl (C=O) groups is 2. The van der Waals surface area contributed by atoms with E-state index in [1.54, 1.807) is 0 Å². The van der Waals surface area contributed by atoms with E-state index in [4.69, 9.17) is 15.2 Å². The number of aromatic nitrogens is 1. The van der Waals surface area contributed by atoms with Gasteiger partial charge in [-0.3, -0.25) is 14.6 Å². The van der Waals surface area contributed by atoms with E-state index in [1.165, 1.54) is 26.1 Å². The lowest BCUT2D eigenvalue weighted by Crippen LogP contribution is -2.47. The van der Waals surface area contributed by atoms with Gasteiger partial charge in [0.15, 0.2) is 17.2 Å². The molecule has 0 saturated carbocycles. The summed E-state index contributed by atoms with van der Waals surface area (Å²) in [6, 6.07) is 3.13. The van der Waals surface area contributed by atoms with E-state index in [1.807, 2.05) is 0 Å². The zero-order chi connectivity index (χ0) is 25.6. The van der Waals surface area contributed by atoms with Gasteiger partial charge in [-0.15, -0.1) is 0 Å². The quantitative estimate of drug-likeness (QED) is 0.624. The van der Waals surface area contributed by atoms with Crippen LogP contribution in [-0.2, 0) is 9.53 Å². The van der Waals surface area contributed by atoms with Crippen molar-refractivity contribution in [2.45, 2.75) is 44.6 Å². The lowest BCUT2D eigenvalue weighted by Gasteiger charge is -2.32. The Labute approximate surface area is 191 Å². The molecule has 4 atom stereocenters. The first-order valence-corrected chi connectivity index (χ1v) is 10.1. The Morgan fingerprint density at radius 3 is 2.44 bits per heavy atom. The fourth-order valence-corrected chi connectivity index (χ4v) is 4.16. The van der Waals surface area contributed by atoms with E-state index in [0.29, 0.717) is 0 Å². The zero-order valence-electron chi connectivity index (χ0n) is 18.6. The fourth-order valence-electron chi connectivity index (χ4n) is 4.16. The minimum atomic E-state index is -4.89. The number of nitrogens with two attached hydrogens (primary N) is 1. The molecule has 0 unspecified atom stereocenters. The molecule has 1 aliphatic rings. The highest BCUT2D eigenvalue weighted by Crippen LogP contribution is 2.55. The molecule has 0 radical (unpaired) electrons. The standard InChI is InChI=1S/C22H22F5N3O4/c1-9-13(7-8-29-16(9)19(28)31)30-20(32)18-14(10(2)21(3,34-18)22(25,26)27)11-5-6-12(23)15(24)17(11)33-4/h5-8,10,14,18H,1-4H3,(H2,28,31)(H,29,30,32)/t10-,14+,18-,21-/m0/s1. The molecule has 1 saturated heterocycles. The molecule has 3 N–H and O–H groups in total. The number of carbonyl (C=O) groups excluding carboxylic acids is 2. The van der Waals surface area contributed by atoms with Crippen molar-refractivity contribution in [1.82, 2.24) is 4.98 Å². The summed E-state index contributed by atoms with van der Waals surface area (Å²) < 4.78 is 80.4. The van der Waals surface area contributed by atoms with Gasteiger partial charge in [-0.05, 0) is 26.0 Å². The molecule has 1 aliphatic heterocycles. The summed E-state index contributed by atoms with van der Waals surface area (Å²) in [6.45, 7) is 3.43. The van der Waals surface area contributed by atoms with Crippen molar-refractivity contribution in [2.24, 2.45) is 11.7 Å². The third-order valence-electron chi connectivity index (χ3n) is 6.27. The molecule has 184 valence electrons. The minimum absolute atomic E-state index is 0.0710. The van der Waals surface area contributed by atoms with Crippen molar-refractivity contribution in [3.63, 3.8) is 0 Å². The second kappa shape index (κ2) is 8.82. The van der Waals surface area contributed by atoms with Gasteiger partial charge in [-0.25, -0.2) is 4.39 Å². The minimum Gasteiger partial charge on any atom is -0.493 e. The van der Waals surface area contributed by atoms with Crippen LogP contribution in [0.15, 0.2) is 24.4 Å². The first-order chi connectivity index (χ1) is 15.7. The van der Waals surface area contributed by atoms with Gasteiger partial charge in [-0.2, -0.15) is 17.6 Å². The first-order valence-electron chi connectivity index (χ1n) is 10.1. The topological polar surface area (TPSA) is 104 Å². The molecule has 3 rings (SSSR count). The molecule has 0 bridgehead atoms. The van der Waals surface area contributed by atoms with Crippen LogP contribution in [0.1, 0.15) is 41.4 Å². The maximum absolute atomic E-state index is 14.4. The summed E-state index contributed by atoms with van der Waals surface area (Å²) in [4.78, 5) is 28.5. The van der Waals surface area contributed by atoms with Crippen LogP contribution in [-0.4, -0.2) is 41.8 Å². The van der Waals surface area contributed by atoms with E-state index in [-0.39, 0.29) is 22.5 Å². The Hall–Kier alpha value is -3.28. The van der Waals surface area contributed by atoms with E-state index < -0.39 is 58.9 Å². The van der Waals surface area contributed by atoms with Gasteiger partial charge in [0, 0.05) is 34.8 Å². The van der Waals surface area contributed by atoms with E-state index in [9.17, 15) is 31.5 Å². The predicted octanol–water partition coefficient (Wildman–Crippen LogP) is 3.85. The second-order valence-electron chi connectivity index (χ2n) is 8.13. The van der Waals surface area contributed by atoms with Gasteiger partial charge in [0.2, 0.25) is 5.82 Å². The molecule has 0 spiro atoms. The number of nitrogens with zero attached hydrogens (tertiary/aromatic N) is 1. The number of ether oxygens (including phenoxy) is 2. The SMILES string of the molecule is COc1c([C@@H]2[C@@H](C(=O)Nc3ccnc(C(N)=O)c3C)O[C@](C)(C(F)(F)F)[C@H]2C)ccc(F)c1F. The molecule has 1 aromatic heterocycles. The summed E-state index contributed by atoms with van der Waals surface area (Å²) in [5.41, 5.74) is 2.42. The summed E-state index contributed by atoms with van der Waals surface area (Å²) >= 11 is 0. The second-order valence-corrected chi connectivity index (χ2v) is 8.13. The molecule has 2 aromatic rings. The Morgan fingerprint density at radius 2 is 1.88 bits per heavy atom. The number of methoxy groups -OCH3 is 1. The number of hydrogen-bond donors (Lipinski definition) is 2. The molecule has 2 heterocycles. The molecule has 2 amide bonds. The Kier molecular flexibility index (Phi) is 6.57. The lowest BCUT2D eigenvalue weighted by atomic mass is 9.77. The van der Waals surface area contributed by atoms with Crippen LogP contribution in [0.25, 0.3) is 0 Å². The van der Waals surface area contributed by atoms with Gasteiger partial charge in [0.1, 0.15) is 11.8 Å². The highest BCUT2D eigenvalue weighted by molar-refractivity contribution is 5.99. The highest BCUT2D eigenvalue weighted by atomic mass is 19.4. The van der Waals surface area contributed by atoms with Crippen LogP contribution in [0.2, 0.25) is 0 Å². The Balaban J connectivity index is 2.11. The van der Waals surface area contributed by atoms with Crippen LogP contribution >= 0.6 is 0 Å². The summed E-state index contributed by atoms with van der Waals surface area (Å²) in [5, 5.41) is 2.43. The van der Waals surface area contributed by atoms with Crippen LogP contribution in [0.4, 0.5) is 27.6 Å². The average molecular weight is 487 g/mol. The van der Waals surface area contributed by atoms with E-state index in [2.05, 4.69) is 10.3 Å². The number of halogens is 5. The van der Waals surface area contributed by atoms with Crippen LogP contribution in [0.3, 0.4) is 0 Å². The van der Waals surface area contributed by atoms with Crippen molar-refractivity contribution in [1.29, 1.82) is 0 Å². The number of benzene rings is 1. The molecule has 0 aliphatic carbocycles. The van der Waals surface area contributed by atoms with Gasteiger partial charge in [0.25, 0.3) is 11.8 Å². The third-order valence-corrected chi connectivity index (χ3v) is 6.27. The van der Waals surface area contributed by atoms with E-state index >= 15 is 0 Å². The number of rotatable bonds is 5. The fraction of sp³-hybridized carbons (Fsp3) is 0.409. The lowest BCUT2D eigenvalue weighted by molar-refractivity contribution is -0.272. The molecule has 7 nitrogen and oxygen atoms in total. The molecule has 1 aromatic carbocycles. The van der Waals surface area contributed by atoms with E-state index in [0.717, 1.165) is 26.2 Å². The number of alkyl halides is 3. The number of hydrogen-bond acceptors (Lipinski definition) is 5. The van der Waals surface area contributed by atoms with Crippen molar-refractivity contribution in [2.75, 3.05) is 12.4 Å². The maximum Gasteiger partial charge on any atom is 0.417 e. The first kappa shape index (κ1) is 25.3. The molecule has 34 heavy (non-hydrogen) atoms. The Bertz CT molecular complexity index is 1140. The third kappa shape index (κ3) is 4.06. The normalized spacial score (nSPS) is 24.7. The number of pyridine rings is 1. The predicted molar refractivity (Wildman–Crippen MR) is 110 cm³/mol. The van der Waals surface area contributed by atoms with Gasteiger partial charge < -0.3 is 20.5 Å². The number of amides is 2. The monoisotopic (exact) mass is 487 g/mol. The largest absolute Gasteiger partial charge is 0.493 e. The molecule has 12 heteroatoms. The molecular formula is C22H22F5N3O4. The molecule has 1 fully saturated rings. The summed E-state index contributed by atoms with van der Waals surface area (Å²) in [5.74, 6) is -7.92. The smallest absolute Gasteiger partial charge is 0.417 e. The number of primary amides is 1. The summed E-state index contributed by atoms with van der Waals surface area (Å²) in [7, 11) is 1.03. The average Bonchev–Trinajstić information content (AvgIpc) is 3.03. The highest BCUT2D eigenvalue weighted by Gasteiger charge is 2.65. The van der Waals surface area contributed by atoms with Gasteiger partial charge in [0.05, 0.1) is 7.11 Å². The van der Waals surface area contributed by atoms with Crippen LogP contribution < -0.4 is 15.8 Å². The van der Waals surface area contributed by atoms with Crippen LogP contribution in [0, 0.1) is 24.5 Å². The number of anilines is 1.